The van der Waals surface area contributed by atoms with Gasteiger partial charge in [-0.25, -0.2) is 9.97 Å². The van der Waals surface area contributed by atoms with Crippen molar-refractivity contribution < 1.29 is 0 Å². The van der Waals surface area contributed by atoms with Gasteiger partial charge in [-0.3, -0.25) is 4.40 Å². The zero-order valence-electron chi connectivity index (χ0n) is 23.2. The van der Waals surface area contributed by atoms with E-state index in [1.807, 2.05) is 6.07 Å². The first-order valence-electron chi connectivity index (χ1n) is 14.3. The molecule has 0 atom stereocenters. The summed E-state index contributed by atoms with van der Waals surface area (Å²) in [5, 5.41) is 2.37. The average molecular weight is 538 g/mol. The maximum Gasteiger partial charge on any atom is 0.137 e. The summed E-state index contributed by atoms with van der Waals surface area (Å²) >= 11 is 0. The molecule has 3 heteroatoms. The van der Waals surface area contributed by atoms with Crippen molar-refractivity contribution in [3.05, 3.63) is 151 Å². The second-order valence-corrected chi connectivity index (χ2v) is 10.8. The number of hydrogen-bond acceptors (Lipinski definition) is 2. The first-order valence-corrected chi connectivity index (χ1v) is 14.3. The number of hydrogen-bond donors (Lipinski definition) is 0. The average Bonchev–Trinajstić information content (AvgIpc) is 3.45. The van der Waals surface area contributed by atoms with Crippen LogP contribution in [0.1, 0.15) is 5.56 Å². The minimum atomic E-state index is 0.959. The van der Waals surface area contributed by atoms with Crippen LogP contribution in [0, 0.1) is 6.92 Å². The summed E-state index contributed by atoms with van der Waals surface area (Å²) in [6.07, 6.45) is 2.10. The lowest BCUT2D eigenvalue weighted by atomic mass is 9.96. The van der Waals surface area contributed by atoms with Gasteiger partial charge in [0.1, 0.15) is 5.65 Å². The van der Waals surface area contributed by atoms with Gasteiger partial charge >= 0.3 is 0 Å². The second-order valence-electron chi connectivity index (χ2n) is 10.8. The van der Waals surface area contributed by atoms with Gasteiger partial charge in [-0.1, -0.05) is 109 Å². The van der Waals surface area contributed by atoms with Gasteiger partial charge in [0.2, 0.25) is 0 Å². The van der Waals surface area contributed by atoms with Crippen molar-refractivity contribution in [1.82, 2.24) is 14.4 Å². The number of aryl methyl sites for hydroxylation is 1. The third-order valence-corrected chi connectivity index (χ3v) is 8.18. The van der Waals surface area contributed by atoms with E-state index < -0.39 is 0 Å². The molecule has 0 aliphatic rings. The zero-order valence-corrected chi connectivity index (χ0v) is 23.2. The highest BCUT2D eigenvalue weighted by Gasteiger charge is 2.15. The molecule has 0 amide bonds. The molecule has 8 rings (SSSR count). The van der Waals surface area contributed by atoms with Crippen LogP contribution in [-0.2, 0) is 0 Å². The van der Waals surface area contributed by atoms with E-state index >= 15 is 0 Å². The SMILES string of the molecule is Cc1ccccc1-c1cccc(-c2ccc(-c3ccc(-c4cc5ccccc5c5nc6ccccn6c45)cc3)cc2)n1. The summed E-state index contributed by atoms with van der Waals surface area (Å²) in [6.45, 7) is 2.13. The van der Waals surface area contributed by atoms with Crippen LogP contribution >= 0.6 is 0 Å². The maximum absolute atomic E-state index is 5.01. The van der Waals surface area contributed by atoms with Crippen LogP contribution in [-0.4, -0.2) is 14.4 Å². The summed E-state index contributed by atoms with van der Waals surface area (Å²) in [7, 11) is 0. The van der Waals surface area contributed by atoms with E-state index in [0.717, 1.165) is 33.6 Å². The van der Waals surface area contributed by atoms with Gasteiger partial charge < -0.3 is 0 Å². The van der Waals surface area contributed by atoms with Crippen molar-refractivity contribution in [3.8, 4) is 44.8 Å². The quantitative estimate of drug-likeness (QED) is 0.224. The summed E-state index contributed by atoms with van der Waals surface area (Å²) in [5.74, 6) is 0. The Kier molecular flexibility index (Phi) is 5.68. The first-order chi connectivity index (χ1) is 20.7. The van der Waals surface area contributed by atoms with Crippen molar-refractivity contribution in [3.63, 3.8) is 0 Å². The Morgan fingerprint density at radius 1 is 0.500 bits per heavy atom. The number of benzene rings is 5. The number of imidazole rings is 1. The van der Waals surface area contributed by atoms with Crippen LogP contribution in [0.2, 0.25) is 0 Å². The number of fused-ring (bicyclic) bond motifs is 5. The minimum Gasteiger partial charge on any atom is -0.299 e. The lowest BCUT2D eigenvalue weighted by molar-refractivity contribution is 1.23. The molecule has 0 N–H and O–H groups in total. The number of nitrogens with zero attached hydrogens (tertiary/aromatic N) is 3. The number of rotatable bonds is 4. The van der Waals surface area contributed by atoms with E-state index in [9.17, 15) is 0 Å². The van der Waals surface area contributed by atoms with Gasteiger partial charge in [0.05, 0.1) is 22.4 Å². The lowest BCUT2D eigenvalue weighted by Gasteiger charge is -2.10. The molecule has 0 saturated heterocycles. The minimum absolute atomic E-state index is 0.959. The molecule has 0 aliphatic carbocycles. The van der Waals surface area contributed by atoms with Crippen LogP contribution in [0.15, 0.2) is 146 Å². The van der Waals surface area contributed by atoms with Crippen molar-refractivity contribution in [2.75, 3.05) is 0 Å². The van der Waals surface area contributed by atoms with Gasteiger partial charge in [0.15, 0.2) is 0 Å². The molecule has 8 aromatic rings. The van der Waals surface area contributed by atoms with Crippen LogP contribution < -0.4 is 0 Å². The summed E-state index contributed by atoms with van der Waals surface area (Å²) in [6, 6.07) is 49.2. The molecular formula is C39H27N3. The molecule has 3 aromatic heterocycles. The van der Waals surface area contributed by atoms with E-state index in [1.54, 1.807) is 0 Å². The summed E-state index contributed by atoms with van der Waals surface area (Å²) in [5.41, 5.74) is 13.3. The molecule has 0 aliphatic heterocycles. The molecule has 0 radical (unpaired) electrons. The molecular weight excluding hydrogens is 510 g/mol. The molecule has 198 valence electrons. The van der Waals surface area contributed by atoms with Gasteiger partial charge in [-0.05, 0) is 64.9 Å². The van der Waals surface area contributed by atoms with Gasteiger partial charge in [-0.2, -0.15) is 0 Å². The molecule has 3 nitrogen and oxygen atoms in total. The highest BCUT2D eigenvalue weighted by atomic mass is 15.0. The number of pyridine rings is 2. The van der Waals surface area contributed by atoms with Crippen LogP contribution in [0.5, 0.6) is 0 Å². The summed E-state index contributed by atoms with van der Waals surface area (Å²) < 4.78 is 2.20. The summed E-state index contributed by atoms with van der Waals surface area (Å²) in [4.78, 5) is 9.99. The van der Waals surface area contributed by atoms with E-state index in [1.165, 1.54) is 44.2 Å². The van der Waals surface area contributed by atoms with Gasteiger partial charge in [-0.15, -0.1) is 0 Å². The molecule has 0 saturated carbocycles. The topological polar surface area (TPSA) is 30.2 Å². The van der Waals surface area contributed by atoms with Crippen molar-refractivity contribution in [2.45, 2.75) is 6.92 Å². The Labute approximate surface area is 244 Å². The Morgan fingerprint density at radius 2 is 1.17 bits per heavy atom. The second kappa shape index (κ2) is 9.83. The number of aromatic nitrogens is 3. The molecule has 0 bridgehead atoms. The predicted molar refractivity (Wildman–Crippen MR) is 174 cm³/mol. The normalized spacial score (nSPS) is 11.5. The Morgan fingerprint density at radius 3 is 1.98 bits per heavy atom. The predicted octanol–water partition coefficient (Wildman–Crippen LogP) is 10.0. The van der Waals surface area contributed by atoms with Gasteiger partial charge in [0.25, 0.3) is 0 Å². The first kappa shape index (κ1) is 24.3. The fourth-order valence-corrected chi connectivity index (χ4v) is 6.00. The third-order valence-electron chi connectivity index (χ3n) is 8.18. The maximum atomic E-state index is 5.01. The van der Waals surface area contributed by atoms with Crippen LogP contribution in [0.25, 0.3) is 72.2 Å². The van der Waals surface area contributed by atoms with Crippen LogP contribution in [0.4, 0.5) is 0 Å². The fourth-order valence-electron chi connectivity index (χ4n) is 6.00. The fraction of sp³-hybridized carbons (Fsp3) is 0.0256. The zero-order chi connectivity index (χ0) is 28.0. The van der Waals surface area contributed by atoms with Crippen molar-refractivity contribution in [1.29, 1.82) is 0 Å². The molecule has 3 heterocycles. The van der Waals surface area contributed by atoms with E-state index in [4.69, 9.17) is 9.97 Å². The van der Waals surface area contributed by atoms with E-state index in [0.29, 0.717) is 0 Å². The monoisotopic (exact) mass is 537 g/mol. The Balaban J connectivity index is 1.15. The highest BCUT2D eigenvalue weighted by molar-refractivity contribution is 6.12. The third kappa shape index (κ3) is 4.06. The standard InChI is InChI=1S/C39H27N3/c1-26-9-2-4-11-32(26)36-14-8-13-35(40-36)30-22-18-28(19-23-30)27-16-20-29(21-17-27)34-25-31-10-3-5-12-33(31)38-39(34)42-24-7-6-15-37(42)41-38/h2-25H,1H3. The molecule has 0 spiro atoms. The van der Waals surface area contributed by atoms with E-state index in [2.05, 4.69) is 151 Å². The van der Waals surface area contributed by atoms with Crippen LogP contribution in [0.3, 0.4) is 0 Å². The van der Waals surface area contributed by atoms with Gasteiger partial charge in [0, 0.05) is 28.3 Å². The van der Waals surface area contributed by atoms with Crippen molar-refractivity contribution >= 4 is 27.5 Å². The van der Waals surface area contributed by atoms with E-state index in [-0.39, 0.29) is 0 Å². The Bertz CT molecular complexity index is 2240. The largest absolute Gasteiger partial charge is 0.299 e. The van der Waals surface area contributed by atoms with Crippen molar-refractivity contribution in [2.24, 2.45) is 0 Å². The molecule has 0 unspecified atom stereocenters. The molecule has 42 heavy (non-hydrogen) atoms. The highest BCUT2D eigenvalue weighted by Crippen LogP contribution is 2.36. The molecule has 0 fully saturated rings. The smallest absolute Gasteiger partial charge is 0.137 e. The molecule has 5 aromatic carbocycles. The lowest BCUT2D eigenvalue weighted by Crippen LogP contribution is -1.90. The Hall–Kier alpha value is -5.54.